The summed E-state index contributed by atoms with van der Waals surface area (Å²) in [6.07, 6.45) is 4.70. The molecule has 0 aromatic heterocycles. The van der Waals surface area contributed by atoms with Gasteiger partial charge >= 0.3 is 0 Å². The normalized spacial score (nSPS) is 19.2. The van der Waals surface area contributed by atoms with Gasteiger partial charge in [0.25, 0.3) is 0 Å². The summed E-state index contributed by atoms with van der Waals surface area (Å²) >= 11 is 0. The Morgan fingerprint density at radius 2 is 1.53 bits per heavy atom. The minimum atomic E-state index is -0.194. The maximum absolute atomic E-state index is 12.6. The molecule has 8 heteroatoms. The van der Waals surface area contributed by atoms with Gasteiger partial charge in [-0.1, -0.05) is 12.8 Å². The summed E-state index contributed by atoms with van der Waals surface area (Å²) in [6.45, 7) is 7.79. The van der Waals surface area contributed by atoms with E-state index in [0.717, 1.165) is 69.2 Å². The summed E-state index contributed by atoms with van der Waals surface area (Å²) in [4.78, 5) is 31.7. The van der Waals surface area contributed by atoms with Crippen molar-refractivity contribution in [1.82, 2.24) is 20.0 Å². The van der Waals surface area contributed by atoms with Gasteiger partial charge in [0.05, 0.1) is 33.4 Å². The lowest BCUT2D eigenvalue weighted by Gasteiger charge is -2.35. The van der Waals surface area contributed by atoms with Crippen molar-refractivity contribution in [1.29, 1.82) is 0 Å². The predicted molar refractivity (Wildman–Crippen MR) is 124 cm³/mol. The monoisotopic (exact) mass is 446 g/mol. The SMILES string of the molecule is COc1ccc(OC)c(C(C)NC(=O)CN2CCN(CC(=O)N3CCCCCC3)CC2)c1. The number of ether oxygens (including phenoxy) is 2. The second-order valence-corrected chi connectivity index (χ2v) is 8.74. The van der Waals surface area contributed by atoms with Crippen LogP contribution in [0.3, 0.4) is 0 Å². The first-order valence-electron chi connectivity index (χ1n) is 11.7. The van der Waals surface area contributed by atoms with Crippen LogP contribution in [0.15, 0.2) is 18.2 Å². The maximum Gasteiger partial charge on any atom is 0.236 e. The Morgan fingerprint density at radius 1 is 0.906 bits per heavy atom. The average molecular weight is 447 g/mol. The summed E-state index contributed by atoms with van der Waals surface area (Å²) in [7, 11) is 3.24. The highest BCUT2D eigenvalue weighted by Crippen LogP contribution is 2.29. The molecule has 2 fully saturated rings. The number of nitrogens with one attached hydrogen (secondary N) is 1. The van der Waals surface area contributed by atoms with Crippen LogP contribution in [0.5, 0.6) is 11.5 Å². The molecule has 2 heterocycles. The molecule has 0 radical (unpaired) electrons. The van der Waals surface area contributed by atoms with Gasteiger partial charge in [-0.15, -0.1) is 0 Å². The molecule has 32 heavy (non-hydrogen) atoms. The van der Waals surface area contributed by atoms with Gasteiger partial charge in [-0.05, 0) is 38.0 Å². The van der Waals surface area contributed by atoms with Gasteiger partial charge in [0.1, 0.15) is 11.5 Å². The first-order valence-corrected chi connectivity index (χ1v) is 11.7. The highest BCUT2D eigenvalue weighted by Gasteiger charge is 2.24. The number of nitrogens with zero attached hydrogens (tertiary/aromatic N) is 3. The number of hydrogen-bond acceptors (Lipinski definition) is 6. The number of methoxy groups -OCH3 is 2. The summed E-state index contributed by atoms with van der Waals surface area (Å²) in [5.74, 6) is 1.68. The van der Waals surface area contributed by atoms with Crippen LogP contribution in [0.4, 0.5) is 0 Å². The summed E-state index contributed by atoms with van der Waals surface area (Å²) in [6, 6.07) is 5.39. The third-order valence-corrected chi connectivity index (χ3v) is 6.43. The standard InChI is InChI=1S/C24H38N4O4/c1-19(21-16-20(31-2)8-9-22(21)32-3)25-23(29)17-26-12-14-27(15-13-26)18-24(30)28-10-6-4-5-7-11-28/h8-9,16,19H,4-7,10-15,17-18H2,1-3H3,(H,25,29). The van der Waals surface area contributed by atoms with E-state index < -0.39 is 0 Å². The van der Waals surface area contributed by atoms with Crippen LogP contribution in [-0.4, -0.2) is 93.1 Å². The van der Waals surface area contributed by atoms with E-state index in [9.17, 15) is 9.59 Å². The molecule has 2 saturated heterocycles. The largest absolute Gasteiger partial charge is 0.497 e. The predicted octanol–water partition coefficient (Wildman–Crippen LogP) is 1.90. The second kappa shape index (κ2) is 12.1. The van der Waals surface area contributed by atoms with E-state index in [0.29, 0.717) is 13.1 Å². The molecular formula is C24H38N4O4. The van der Waals surface area contributed by atoms with E-state index in [2.05, 4.69) is 15.1 Å². The van der Waals surface area contributed by atoms with E-state index >= 15 is 0 Å². The first kappa shape index (κ1) is 24.3. The van der Waals surface area contributed by atoms with Crippen LogP contribution in [-0.2, 0) is 9.59 Å². The fourth-order valence-corrected chi connectivity index (χ4v) is 4.46. The van der Waals surface area contributed by atoms with Crippen molar-refractivity contribution in [3.05, 3.63) is 23.8 Å². The van der Waals surface area contributed by atoms with Crippen molar-refractivity contribution in [2.24, 2.45) is 0 Å². The zero-order valence-electron chi connectivity index (χ0n) is 19.8. The fraction of sp³-hybridized carbons (Fsp3) is 0.667. The third-order valence-electron chi connectivity index (χ3n) is 6.43. The molecule has 1 N–H and O–H groups in total. The molecule has 2 amide bonds. The highest BCUT2D eigenvalue weighted by molar-refractivity contribution is 5.79. The van der Waals surface area contributed by atoms with Crippen LogP contribution in [0.2, 0.25) is 0 Å². The molecule has 0 saturated carbocycles. The zero-order valence-corrected chi connectivity index (χ0v) is 19.8. The van der Waals surface area contributed by atoms with Crippen molar-refractivity contribution in [3.8, 4) is 11.5 Å². The van der Waals surface area contributed by atoms with E-state index in [1.807, 2.05) is 30.0 Å². The Balaban J connectivity index is 1.43. The van der Waals surface area contributed by atoms with Crippen LogP contribution in [0.25, 0.3) is 0 Å². The van der Waals surface area contributed by atoms with Crippen molar-refractivity contribution < 1.29 is 19.1 Å². The number of carbonyl (C=O) groups is 2. The van der Waals surface area contributed by atoms with E-state index in [-0.39, 0.29) is 17.9 Å². The Morgan fingerprint density at radius 3 is 2.12 bits per heavy atom. The van der Waals surface area contributed by atoms with Gasteiger partial charge in [-0.3, -0.25) is 19.4 Å². The molecule has 1 atom stereocenters. The zero-order chi connectivity index (χ0) is 22.9. The molecule has 8 nitrogen and oxygen atoms in total. The number of piperazine rings is 1. The summed E-state index contributed by atoms with van der Waals surface area (Å²) in [5.41, 5.74) is 0.886. The Hall–Kier alpha value is -2.32. The number of benzene rings is 1. The van der Waals surface area contributed by atoms with E-state index in [4.69, 9.17) is 9.47 Å². The lowest BCUT2D eigenvalue weighted by molar-refractivity contribution is -0.133. The smallest absolute Gasteiger partial charge is 0.236 e. The van der Waals surface area contributed by atoms with Crippen molar-refractivity contribution >= 4 is 11.8 Å². The van der Waals surface area contributed by atoms with Gasteiger partial charge in [-0.25, -0.2) is 0 Å². The number of hydrogen-bond donors (Lipinski definition) is 1. The molecule has 2 aliphatic rings. The van der Waals surface area contributed by atoms with Crippen LogP contribution in [0, 0.1) is 0 Å². The quantitative estimate of drug-likeness (QED) is 0.658. The topological polar surface area (TPSA) is 74.4 Å². The van der Waals surface area contributed by atoms with Crippen molar-refractivity contribution in [2.75, 3.05) is 66.6 Å². The summed E-state index contributed by atoms with van der Waals surface area (Å²) in [5, 5.41) is 3.07. The highest BCUT2D eigenvalue weighted by atomic mass is 16.5. The number of carbonyl (C=O) groups excluding carboxylic acids is 2. The molecule has 0 aliphatic carbocycles. The van der Waals surface area contributed by atoms with Gasteiger partial charge in [0.2, 0.25) is 11.8 Å². The number of amides is 2. The van der Waals surface area contributed by atoms with E-state index in [1.54, 1.807) is 14.2 Å². The Kier molecular flexibility index (Phi) is 9.17. The Labute approximate surface area is 191 Å². The second-order valence-electron chi connectivity index (χ2n) is 8.74. The fourth-order valence-electron chi connectivity index (χ4n) is 4.46. The number of likely N-dealkylation sites (tertiary alicyclic amines) is 1. The lowest BCUT2D eigenvalue weighted by atomic mass is 10.1. The molecular weight excluding hydrogens is 408 g/mol. The molecule has 0 spiro atoms. The van der Waals surface area contributed by atoms with E-state index in [1.165, 1.54) is 12.8 Å². The molecule has 2 aliphatic heterocycles. The average Bonchev–Trinajstić information content (AvgIpc) is 3.09. The minimum Gasteiger partial charge on any atom is -0.497 e. The van der Waals surface area contributed by atoms with Crippen molar-refractivity contribution in [3.63, 3.8) is 0 Å². The Bertz CT molecular complexity index is 756. The molecule has 1 aromatic rings. The van der Waals surface area contributed by atoms with Crippen LogP contribution < -0.4 is 14.8 Å². The molecule has 178 valence electrons. The van der Waals surface area contributed by atoms with Gasteiger partial charge in [0.15, 0.2) is 0 Å². The van der Waals surface area contributed by atoms with Crippen LogP contribution >= 0.6 is 0 Å². The minimum absolute atomic E-state index is 0.0172. The van der Waals surface area contributed by atoms with Gasteiger partial charge < -0.3 is 19.7 Å². The molecule has 3 rings (SSSR count). The first-order chi connectivity index (χ1) is 15.5. The molecule has 1 aromatic carbocycles. The number of rotatable bonds is 8. The van der Waals surface area contributed by atoms with Gasteiger partial charge in [-0.2, -0.15) is 0 Å². The van der Waals surface area contributed by atoms with Crippen molar-refractivity contribution in [2.45, 2.75) is 38.6 Å². The maximum atomic E-state index is 12.6. The third kappa shape index (κ3) is 6.84. The summed E-state index contributed by atoms with van der Waals surface area (Å²) < 4.78 is 10.7. The van der Waals surface area contributed by atoms with Crippen LogP contribution in [0.1, 0.15) is 44.2 Å². The molecule has 1 unspecified atom stereocenters. The van der Waals surface area contributed by atoms with Gasteiger partial charge in [0, 0.05) is 44.8 Å². The lowest BCUT2D eigenvalue weighted by Crippen LogP contribution is -2.52. The molecule has 0 bridgehead atoms.